The van der Waals surface area contributed by atoms with Crippen LogP contribution in [0.2, 0.25) is 0 Å². The molecule has 3 nitrogen and oxygen atoms in total. The molecule has 1 N–H and O–H groups in total. The van der Waals surface area contributed by atoms with Crippen molar-refractivity contribution in [2.24, 2.45) is 0 Å². The molecule has 1 fully saturated rings. The Morgan fingerprint density at radius 3 is 2.61 bits per heavy atom. The van der Waals surface area contributed by atoms with Gasteiger partial charge < -0.3 is 14.8 Å². The number of hydrogen-bond donors (Lipinski definition) is 1. The van der Waals surface area contributed by atoms with Gasteiger partial charge in [0.1, 0.15) is 13.2 Å². The molecule has 2 aliphatic rings. The third-order valence-corrected chi connectivity index (χ3v) is 4.18. The van der Waals surface area contributed by atoms with Gasteiger partial charge in [-0.2, -0.15) is 0 Å². The van der Waals surface area contributed by atoms with Gasteiger partial charge in [0.15, 0.2) is 11.5 Å². The van der Waals surface area contributed by atoms with Crippen molar-refractivity contribution >= 4 is 0 Å². The van der Waals surface area contributed by atoms with E-state index in [-0.39, 0.29) is 0 Å². The highest BCUT2D eigenvalue weighted by molar-refractivity contribution is 5.46. The van der Waals surface area contributed by atoms with Gasteiger partial charge in [0.2, 0.25) is 0 Å². The standard InChI is InChI=1S/C15H21NO2/c1-2-16-11-15(6-3-7-15)12-4-5-13-14(10-12)18-9-8-17-13/h4-5,10,16H,2-3,6-9,11H2,1H3. The zero-order chi connectivity index (χ0) is 12.4. The van der Waals surface area contributed by atoms with Gasteiger partial charge in [-0.05, 0) is 37.1 Å². The second-order valence-electron chi connectivity index (χ2n) is 5.27. The van der Waals surface area contributed by atoms with E-state index < -0.39 is 0 Å². The summed E-state index contributed by atoms with van der Waals surface area (Å²) in [4.78, 5) is 0. The molecule has 1 saturated carbocycles. The van der Waals surface area contributed by atoms with Gasteiger partial charge >= 0.3 is 0 Å². The number of rotatable bonds is 4. The topological polar surface area (TPSA) is 30.5 Å². The average Bonchev–Trinajstić information content (AvgIpc) is 2.37. The van der Waals surface area contributed by atoms with E-state index in [0.717, 1.165) is 24.6 Å². The minimum Gasteiger partial charge on any atom is -0.486 e. The van der Waals surface area contributed by atoms with Crippen molar-refractivity contribution in [1.82, 2.24) is 5.32 Å². The Kier molecular flexibility index (Phi) is 3.16. The molecule has 0 saturated heterocycles. The van der Waals surface area contributed by atoms with Crippen molar-refractivity contribution in [2.75, 3.05) is 26.3 Å². The van der Waals surface area contributed by atoms with Crippen LogP contribution in [0.5, 0.6) is 11.5 Å². The minimum absolute atomic E-state index is 0.325. The van der Waals surface area contributed by atoms with E-state index in [1.165, 1.54) is 24.8 Å². The zero-order valence-electron chi connectivity index (χ0n) is 11.0. The molecular formula is C15H21NO2. The van der Waals surface area contributed by atoms with Crippen LogP contribution >= 0.6 is 0 Å². The normalized spacial score (nSPS) is 20.3. The van der Waals surface area contributed by atoms with Crippen molar-refractivity contribution in [1.29, 1.82) is 0 Å². The summed E-state index contributed by atoms with van der Waals surface area (Å²) in [5, 5.41) is 3.50. The molecule has 1 heterocycles. The number of fused-ring (bicyclic) bond motifs is 1. The van der Waals surface area contributed by atoms with E-state index in [0.29, 0.717) is 18.6 Å². The molecule has 1 aliphatic heterocycles. The third-order valence-electron chi connectivity index (χ3n) is 4.18. The van der Waals surface area contributed by atoms with E-state index in [1.54, 1.807) is 0 Å². The monoisotopic (exact) mass is 247 g/mol. The maximum Gasteiger partial charge on any atom is 0.161 e. The van der Waals surface area contributed by atoms with Crippen molar-refractivity contribution < 1.29 is 9.47 Å². The Morgan fingerprint density at radius 1 is 1.17 bits per heavy atom. The summed E-state index contributed by atoms with van der Waals surface area (Å²) < 4.78 is 11.3. The van der Waals surface area contributed by atoms with E-state index >= 15 is 0 Å². The molecule has 0 radical (unpaired) electrons. The predicted octanol–water partition coefficient (Wildman–Crippen LogP) is 2.49. The maximum atomic E-state index is 5.69. The molecule has 98 valence electrons. The Morgan fingerprint density at radius 2 is 1.94 bits per heavy atom. The van der Waals surface area contributed by atoms with Crippen LogP contribution < -0.4 is 14.8 Å². The second-order valence-corrected chi connectivity index (χ2v) is 5.27. The molecule has 0 atom stereocenters. The lowest BCUT2D eigenvalue weighted by atomic mass is 9.64. The lowest BCUT2D eigenvalue weighted by molar-refractivity contribution is 0.169. The van der Waals surface area contributed by atoms with E-state index in [2.05, 4.69) is 30.4 Å². The van der Waals surface area contributed by atoms with E-state index in [4.69, 9.17) is 9.47 Å². The summed E-state index contributed by atoms with van der Waals surface area (Å²) in [6.07, 6.45) is 3.89. The molecule has 1 aromatic rings. The summed E-state index contributed by atoms with van der Waals surface area (Å²) in [6, 6.07) is 6.46. The Balaban J connectivity index is 1.86. The third kappa shape index (κ3) is 1.97. The molecule has 3 rings (SSSR count). The fraction of sp³-hybridized carbons (Fsp3) is 0.600. The maximum absolute atomic E-state index is 5.69. The first-order valence-corrected chi connectivity index (χ1v) is 6.95. The second kappa shape index (κ2) is 4.81. The highest BCUT2D eigenvalue weighted by atomic mass is 16.6. The molecule has 0 spiro atoms. The molecule has 18 heavy (non-hydrogen) atoms. The van der Waals surface area contributed by atoms with E-state index in [1.807, 2.05) is 0 Å². The van der Waals surface area contributed by atoms with Crippen molar-refractivity contribution in [2.45, 2.75) is 31.6 Å². The summed E-state index contributed by atoms with van der Waals surface area (Å²) in [5.74, 6) is 1.81. The summed E-state index contributed by atoms with van der Waals surface area (Å²) >= 11 is 0. The average molecular weight is 247 g/mol. The minimum atomic E-state index is 0.325. The van der Waals surface area contributed by atoms with Crippen LogP contribution in [0.3, 0.4) is 0 Å². The van der Waals surface area contributed by atoms with Gasteiger partial charge in [-0.3, -0.25) is 0 Å². The Bertz CT molecular complexity index is 427. The SMILES string of the molecule is CCNCC1(c2ccc3c(c2)OCCO3)CCC1. The molecule has 0 amide bonds. The molecule has 0 unspecified atom stereocenters. The lowest BCUT2D eigenvalue weighted by Crippen LogP contribution is -2.43. The first kappa shape index (κ1) is 11.8. The van der Waals surface area contributed by atoms with Crippen LogP contribution in [0.4, 0.5) is 0 Å². The smallest absolute Gasteiger partial charge is 0.161 e. The lowest BCUT2D eigenvalue weighted by Gasteiger charge is -2.43. The molecule has 1 aromatic carbocycles. The van der Waals surface area contributed by atoms with Crippen LogP contribution in [0.1, 0.15) is 31.7 Å². The fourth-order valence-electron chi connectivity index (χ4n) is 2.91. The van der Waals surface area contributed by atoms with Crippen molar-refractivity contribution in [3.05, 3.63) is 23.8 Å². The van der Waals surface area contributed by atoms with Gasteiger partial charge in [0.05, 0.1) is 0 Å². The van der Waals surface area contributed by atoms with Crippen LogP contribution in [0, 0.1) is 0 Å². The summed E-state index contributed by atoms with van der Waals surface area (Å²) in [7, 11) is 0. The first-order valence-electron chi connectivity index (χ1n) is 6.95. The number of hydrogen-bond acceptors (Lipinski definition) is 3. The highest BCUT2D eigenvalue weighted by Crippen LogP contribution is 2.45. The molecule has 3 heteroatoms. The van der Waals surface area contributed by atoms with E-state index in [9.17, 15) is 0 Å². The van der Waals surface area contributed by atoms with Crippen LogP contribution in [0.25, 0.3) is 0 Å². The number of benzene rings is 1. The van der Waals surface area contributed by atoms with Crippen LogP contribution in [-0.2, 0) is 5.41 Å². The molecule has 1 aliphatic carbocycles. The fourth-order valence-corrected chi connectivity index (χ4v) is 2.91. The molecule has 0 bridgehead atoms. The number of ether oxygens (including phenoxy) is 2. The largest absolute Gasteiger partial charge is 0.486 e. The quantitative estimate of drug-likeness (QED) is 0.886. The van der Waals surface area contributed by atoms with Gasteiger partial charge in [-0.25, -0.2) is 0 Å². The highest BCUT2D eigenvalue weighted by Gasteiger charge is 2.38. The van der Waals surface area contributed by atoms with Crippen molar-refractivity contribution in [3.63, 3.8) is 0 Å². The molecule has 0 aromatic heterocycles. The molecular weight excluding hydrogens is 226 g/mol. The summed E-state index contributed by atoms with van der Waals surface area (Å²) in [6.45, 7) is 5.59. The van der Waals surface area contributed by atoms with Gasteiger partial charge in [0, 0.05) is 12.0 Å². The van der Waals surface area contributed by atoms with Crippen LogP contribution in [-0.4, -0.2) is 26.3 Å². The predicted molar refractivity (Wildman–Crippen MR) is 71.5 cm³/mol. The summed E-state index contributed by atoms with van der Waals surface area (Å²) in [5.41, 5.74) is 1.73. The van der Waals surface area contributed by atoms with Gasteiger partial charge in [-0.15, -0.1) is 0 Å². The number of nitrogens with one attached hydrogen (secondary N) is 1. The zero-order valence-corrected chi connectivity index (χ0v) is 11.0. The first-order chi connectivity index (χ1) is 8.84. The van der Waals surface area contributed by atoms with Crippen molar-refractivity contribution in [3.8, 4) is 11.5 Å². The van der Waals surface area contributed by atoms with Gasteiger partial charge in [-0.1, -0.05) is 19.4 Å². The van der Waals surface area contributed by atoms with Gasteiger partial charge in [0.25, 0.3) is 0 Å². The Labute approximate surface area is 108 Å². The number of likely N-dealkylation sites (N-methyl/N-ethyl adjacent to an activating group) is 1. The Hall–Kier alpha value is -1.22. The van der Waals surface area contributed by atoms with Crippen LogP contribution in [0.15, 0.2) is 18.2 Å².